The SMILES string of the molecule is Cc1nc(Cc2ccccc2)sc1C(=O)N1CCO[C@@H](C)C1. The molecular weight excluding hydrogens is 296 g/mol. The Morgan fingerprint density at radius 1 is 1.41 bits per heavy atom. The zero-order valence-electron chi connectivity index (χ0n) is 12.9. The van der Waals surface area contributed by atoms with E-state index in [9.17, 15) is 4.79 Å². The number of rotatable bonds is 3. The van der Waals surface area contributed by atoms with E-state index in [-0.39, 0.29) is 12.0 Å². The molecule has 0 unspecified atom stereocenters. The monoisotopic (exact) mass is 316 g/mol. The number of morpholine rings is 1. The first-order chi connectivity index (χ1) is 10.6. The molecule has 2 heterocycles. The molecule has 22 heavy (non-hydrogen) atoms. The highest BCUT2D eigenvalue weighted by atomic mass is 32.1. The van der Waals surface area contributed by atoms with E-state index in [1.807, 2.05) is 36.9 Å². The van der Waals surface area contributed by atoms with Crippen LogP contribution < -0.4 is 0 Å². The van der Waals surface area contributed by atoms with Crippen LogP contribution in [0.5, 0.6) is 0 Å². The molecule has 1 aliphatic heterocycles. The summed E-state index contributed by atoms with van der Waals surface area (Å²) >= 11 is 1.51. The summed E-state index contributed by atoms with van der Waals surface area (Å²) < 4.78 is 5.50. The third-order valence-electron chi connectivity index (χ3n) is 3.76. The standard InChI is InChI=1S/C17H20N2O2S/c1-12-11-19(8-9-21-12)17(20)16-13(2)18-15(22-16)10-14-6-4-3-5-7-14/h3-7,12H,8-11H2,1-2H3/t12-/m0/s1. The summed E-state index contributed by atoms with van der Waals surface area (Å²) in [6.07, 6.45) is 0.883. The Bertz CT molecular complexity index is 654. The molecule has 0 bridgehead atoms. The summed E-state index contributed by atoms with van der Waals surface area (Å²) in [6, 6.07) is 10.2. The van der Waals surface area contributed by atoms with Crippen molar-refractivity contribution in [2.75, 3.05) is 19.7 Å². The molecule has 0 spiro atoms. The zero-order valence-corrected chi connectivity index (χ0v) is 13.7. The second-order valence-electron chi connectivity index (χ2n) is 5.62. The number of carbonyl (C=O) groups excluding carboxylic acids is 1. The van der Waals surface area contributed by atoms with Gasteiger partial charge in [0.25, 0.3) is 5.91 Å². The van der Waals surface area contributed by atoms with Gasteiger partial charge in [-0.2, -0.15) is 0 Å². The molecule has 1 fully saturated rings. The summed E-state index contributed by atoms with van der Waals surface area (Å²) in [5.74, 6) is 0.0875. The molecule has 1 aromatic heterocycles. The van der Waals surface area contributed by atoms with Crippen LogP contribution in [0.3, 0.4) is 0 Å². The molecule has 1 amide bonds. The van der Waals surface area contributed by atoms with Crippen LogP contribution in [0.25, 0.3) is 0 Å². The van der Waals surface area contributed by atoms with Crippen LogP contribution in [-0.2, 0) is 11.2 Å². The van der Waals surface area contributed by atoms with E-state index >= 15 is 0 Å². The van der Waals surface area contributed by atoms with Gasteiger partial charge in [-0.3, -0.25) is 4.79 Å². The van der Waals surface area contributed by atoms with Crippen molar-refractivity contribution in [1.29, 1.82) is 0 Å². The number of nitrogens with zero attached hydrogens (tertiary/aromatic N) is 2. The molecule has 0 N–H and O–H groups in total. The van der Waals surface area contributed by atoms with Gasteiger partial charge in [0, 0.05) is 19.5 Å². The Labute approximate surface area is 134 Å². The maximum atomic E-state index is 12.7. The third-order valence-corrected chi connectivity index (χ3v) is 4.91. The average Bonchev–Trinajstić information content (AvgIpc) is 2.88. The minimum Gasteiger partial charge on any atom is -0.375 e. The maximum Gasteiger partial charge on any atom is 0.266 e. The summed E-state index contributed by atoms with van der Waals surface area (Å²) in [7, 11) is 0. The van der Waals surface area contributed by atoms with Gasteiger partial charge < -0.3 is 9.64 Å². The maximum absolute atomic E-state index is 12.7. The van der Waals surface area contributed by atoms with Crippen molar-refractivity contribution in [3.8, 4) is 0 Å². The molecule has 0 radical (unpaired) electrons. The number of ether oxygens (including phenoxy) is 1. The Hall–Kier alpha value is -1.72. The summed E-state index contributed by atoms with van der Waals surface area (Å²) in [5, 5.41) is 0.994. The van der Waals surface area contributed by atoms with Gasteiger partial charge in [-0.15, -0.1) is 11.3 Å². The van der Waals surface area contributed by atoms with Gasteiger partial charge in [-0.25, -0.2) is 4.98 Å². The fourth-order valence-electron chi connectivity index (χ4n) is 2.64. The highest BCUT2D eigenvalue weighted by molar-refractivity contribution is 7.13. The van der Waals surface area contributed by atoms with Crippen LogP contribution in [-0.4, -0.2) is 41.6 Å². The minimum atomic E-state index is 0.0875. The molecule has 1 saturated heterocycles. The highest BCUT2D eigenvalue weighted by Crippen LogP contribution is 2.23. The van der Waals surface area contributed by atoms with E-state index in [1.54, 1.807) is 0 Å². The van der Waals surface area contributed by atoms with E-state index < -0.39 is 0 Å². The van der Waals surface area contributed by atoms with Crippen LogP contribution in [0.4, 0.5) is 0 Å². The van der Waals surface area contributed by atoms with E-state index in [0.29, 0.717) is 19.7 Å². The van der Waals surface area contributed by atoms with Gasteiger partial charge >= 0.3 is 0 Å². The lowest BCUT2D eigenvalue weighted by Crippen LogP contribution is -2.44. The molecule has 4 nitrogen and oxygen atoms in total. The lowest BCUT2D eigenvalue weighted by atomic mass is 10.2. The Morgan fingerprint density at radius 3 is 2.91 bits per heavy atom. The van der Waals surface area contributed by atoms with Gasteiger partial charge in [-0.1, -0.05) is 30.3 Å². The summed E-state index contributed by atoms with van der Waals surface area (Å²) in [6.45, 7) is 5.85. The summed E-state index contributed by atoms with van der Waals surface area (Å²) in [4.78, 5) is 19.9. The number of benzene rings is 1. The second-order valence-corrected chi connectivity index (χ2v) is 6.70. The number of carbonyl (C=O) groups is 1. The number of hydrogen-bond acceptors (Lipinski definition) is 4. The van der Waals surface area contributed by atoms with Crippen molar-refractivity contribution in [3.05, 3.63) is 51.5 Å². The third kappa shape index (κ3) is 3.36. The van der Waals surface area contributed by atoms with Crippen LogP contribution in [0.1, 0.15) is 32.9 Å². The van der Waals surface area contributed by atoms with E-state index in [1.165, 1.54) is 16.9 Å². The smallest absolute Gasteiger partial charge is 0.266 e. The second kappa shape index (κ2) is 6.58. The topological polar surface area (TPSA) is 42.4 Å². The molecule has 1 aliphatic rings. The molecule has 1 atom stereocenters. The minimum absolute atomic E-state index is 0.0875. The molecule has 0 saturated carbocycles. The number of thiazole rings is 1. The first-order valence-electron chi connectivity index (χ1n) is 7.54. The van der Waals surface area contributed by atoms with Crippen LogP contribution in [0, 0.1) is 6.92 Å². The largest absolute Gasteiger partial charge is 0.375 e. The molecule has 0 aliphatic carbocycles. The van der Waals surface area contributed by atoms with Crippen LogP contribution in [0.15, 0.2) is 30.3 Å². The van der Waals surface area contributed by atoms with Crippen molar-refractivity contribution in [2.24, 2.45) is 0 Å². The number of aryl methyl sites for hydroxylation is 1. The van der Waals surface area contributed by atoms with Gasteiger partial charge in [-0.05, 0) is 19.4 Å². The van der Waals surface area contributed by atoms with Crippen molar-refractivity contribution in [2.45, 2.75) is 26.4 Å². The van der Waals surface area contributed by atoms with Gasteiger partial charge in [0.2, 0.25) is 0 Å². The normalized spacial score (nSPS) is 18.5. The molecule has 116 valence electrons. The Morgan fingerprint density at radius 2 is 2.18 bits per heavy atom. The Kier molecular flexibility index (Phi) is 4.55. The number of aromatic nitrogens is 1. The fraction of sp³-hybridized carbons (Fsp3) is 0.412. The molecule has 2 aromatic rings. The number of hydrogen-bond donors (Lipinski definition) is 0. The van der Waals surface area contributed by atoms with Gasteiger partial charge in [0.15, 0.2) is 0 Å². The molecule has 1 aromatic carbocycles. The van der Waals surface area contributed by atoms with Crippen molar-refractivity contribution in [1.82, 2.24) is 9.88 Å². The van der Waals surface area contributed by atoms with Gasteiger partial charge in [0.05, 0.1) is 23.4 Å². The molecular formula is C17H20N2O2S. The lowest BCUT2D eigenvalue weighted by molar-refractivity contribution is -0.0122. The Balaban J connectivity index is 1.75. The number of amides is 1. The van der Waals surface area contributed by atoms with Crippen molar-refractivity contribution in [3.63, 3.8) is 0 Å². The first-order valence-corrected chi connectivity index (χ1v) is 8.36. The zero-order chi connectivity index (χ0) is 15.5. The lowest BCUT2D eigenvalue weighted by Gasteiger charge is -2.30. The quantitative estimate of drug-likeness (QED) is 0.874. The summed E-state index contributed by atoms with van der Waals surface area (Å²) in [5.41, 5.74) is 2.05. The predicted molar refractivity (Wildman–Crippen MR) is 87.4 cm³/mol. The molecule has 3 rings (SSSR count). The fourth-order valence-corrected chi connectivity index (χ4v) is 3.71. The van der Waals surface area contributed by atoms with Crippen LogP contribution >= 0.6 is 11.3 Å². The predicted octanol–water partition coefficient (Wildman–Crippen LogP) is 2.90. The van der Waals surface area contributed by atoms with E-state index in [2.05, 4.69) is 17.1 Å². The first kappa shape index (κ1) is 15.2. The highest BCUT2D eigenvalue weighted by Gasteiger charge is 2.25. The average molecular weight is 316 g/mol. The van der Waals surface area contributed by atoms with Crippen molar-refractivity contribution >= 4 is 17.2 Å². The molecule has 5 heteroatoms. The van der Waals surface area contributed by atoms with Crippen LogP contribution in [0.2, 0.25) is 0 Å². The van der Waals surface area contributed by atoms with E-state index in [4.69, 9.17) is 4.74 Å². The van der Waals surface area contributed by atoms with Gasteiger partial charge in [0.1, 0.15) is 4.88 Å². The van der Waals surface area contributed by atoms with E-state index in [0.717, 1.165) is 22.0 Å². The van der Waals surface area contributed by atoms with Crippen molar-refractivity contribution < 1.29 is 9.53 Å².